The summed E-state index contributed by atoms with van der Waals surface area (Å²) in [6.45, 7) is 2.05. The predicted octanol–water partition coefficient (Wildman–Crippen LogP) is 4.81. The maximum absolute atomic E-state index is 4.62. The van der Waals surface area contributed by atoms with Gasteiger partial charge >= 0.3 is 0 Å². The van der Waals surface area contributed by atoms with Gasteiger partial charge in [-0.15, -0.1) is 0 Å². The lowest BCUT2D eigenvalue weighted by Crippen LogP contribution is -2.07. The summed E-state index contributed by atoms with van der Waals surface area (Å²) < 4.78 is 3.39. The van der Waals surface area contributed by atoms with Gasteiger partial charge in [0, 0.05) is 22.4 Å². The van der Waals surface area contributed by atoms with Crippen molar-refractivity contribution in [2.45, 2.75) is 38.6 Å². The van der Waals surface area contributed by atoms with Crippen molar-refractivity contribution in [3.63, 3.8) is 0 Å². The van der Waals surface area contributed by atoms with Crippen LogP contribution in [0.15, 0.2) is 34.9 Å². The first kappa shape index (κ1) is 12.7. The number of nitrogens with one attached hydrogen (secondary N) is 1. The van der Waals surface area contributed by atoms with E-state index in [0.29, 0.717) is 6.04 Å². The first-order chi connectivity index (χ1) is 9.22. The molecule has 3 rings (SSSR count). The molecule has 2 aromatic rings. The van der Waals surface area contributed by atoms with Gasteiger partial charge in [-0.25, -0.2) is 4.98 Å². The Bertz CT molecular complexity index is 571. The zero-order chi connectivity index (χ0) is 13.2. The molecule has 0 spiro atoms. The monoisotopic (exact) mass is 319 g/mol. The summed E-state index contributed by atoms with van der Waals surface area (Å²) >= 11 is 3.50. The molecule has 0 bridgehead atoms. The minimum atomic E-state index is 0.607. The molecule has 1 aromatic carbocycles. The molecule has 0 unspecified atom stereocenters. The second-order valence-corrected chi connectivity index (χ2v) is 6.10. The maximum atomic E-state index is 4.62. The molecule has 0 amide bonds. The van der Waals surface area contributed by atoms with Gasteiger partial charge in [0.1, 0.15) is 0 Å². The Kier molecular flexibility index (Phi) is 3.60. The molecule has 4 heteroatoms. The van der Waals surface area contributed by atoms with Gasteiger partial charge in [0.05, 0.1) is 5.69 Å². The van der Waals surface area contributed by atoms with E-state index in [-0.39, 0.29) is 0 Å². The van der Waals surface area contributed by atoms with Crippen LogP contribution < -0.4 is 5.32 Å². The number of imidazole rings is 1. The molecule has 1 N–H and O–H groups in total. The molecule has 1 fully saturated rings. The van der Waals surface area contributed by atoms with E-state index in [1.54, 1.807) is 0 Å². The Morgan fingerprint density at radius 3 is 2.84 bits per heavy atom. The van der Waals surface area contributed by atoms with Crippen LogP contribution in [0, 0.1) is 6.92 Å². The van der Waals surface area contributed by atoms with Crippen molar-refractivity contribution in [1.29, 1.82) is 0 Å². The second kappa shape index (κ2) is 5.37. The fourth-order valence-electron chi connectivity index (χ4n) is 2.76. The molecule has 3 nitrogen and oxygen atoms in total. The minimum absolute atomic E-state index is 0.607. The maximum Gasteiger partial charge on any atom is 0.207 e. The zero-order valence-corrected chi connectivity index (χ0v) is 12.7. The summed E-state index contributed by atoms with van der Waals surface area (Å²) in [6, 6.07) is 8.80. The van der Waals surface area contributed by atoms with Crippen molar-refractivity contribution in [2.75, 3.05) is 5.32 Å². The van der Waals surface area contributed by atoms with Gasteiger partial charge in [-0.05, 0) is 38.0 Å². The number of rotatable bonds is 3. The van der Waals surface area contributed by atoms with Gasteiger partial charge in [-0.2, -0.15) is 0 Å². The first-order valence-corrected chi connectivity index (χ1v) is 7.60. The van der Waals surface area contributed by atoms with Gasteiger partial charge < -0.3 is 9.88 Å². The molecule has 1 aliphatic rings. The van der Waals surface area contributed by atoms with Crippen molar-refractivity contribution in [2.24, 2.45) is 0 Å². The highest BCUT2D eigenvalue weighted by atomic mass is 79.9. The summed E-state index contributed by atoms with van der Waals surface area (Å²) in [5.74, 6) is 0.961. The summed E-state index contributed by atoms with van der Waals surface area (Å²) in [4.78, 5) is 4.62. The fraction of sp³-hybridized carbons (Fsp3) is 0.400. The number of aryl methyl sites for hydroxylation is 1. The largest absolute Gasteiger partial charge is 0.326 e. The molecule has 0 aliphatic heterocycles. The number of nitrogens with zero attached hydrogens (tertiary/aromatic N) is 2. The van der Waals surface area contributed by atoms with Crippen molar-refractivity contribution in [1.82, 2.24) is 9.55 Å². The first-order valence-electron chi connectivity index (χ1n) is 6.80. The third kappa shape index (κ3) is 2.84. The Hall–Kier alpha value is -1.29. The standard InChI is InChI=1S/C15H18BrN3/c1-11-10-19(14-7-2-3-8-14)15(17-11)18-13-6-4-5-12(16)9-13/h4-6,9-10,14H,2-3,7-8H2,1H3,(H,17,18). The number of anilines is 2. The SMILES string of the molecule is Cc1cn(C2CCCC2)c(Nc2cccc(Br)c2)n1. The van der Waals surface area contributed by atoms with Crippen LogP contribution in [-0.4, -0.2) is 9.55 Å². The summed E-state index contributed by atoms with van der Waals surface area (Å²) in [5.41, 5.74) is 2.14. The smallest absolute Gasteiger partial charge is 0.207 e. The average Bonchev–Trinajstić information content (AvgIpc) is 2.98. The van der Waals surface area contributed by atoms with E-state index < -0.39 is 0 Å². The molecule has 1 aliphatic carbocycles. The Morgan fingerprint density at radius 1 is 1.32 bits per heavy atom. The van der Waals surface area contributed by atoms with Crippen LogP contribution in [0.3, 0.4) is 0 Å². The van der Waals surface area contributed by atoms with Crippen LogP contribution in [0.2, 0.25) is 0 Å². The molecule has 100 valence electrons. The van der Waals surface area contributed by atoms with Gasteiger partial charge in [-0.3, -0.25) is 0 Å². The Morgan fingerprint density at radius 2 is 2.11 bits per heavy atom. The molecule has 0 saturated heterocycles. The van der Waals surface area contributed by atoms with E-state index >= 15 is 0 Å². The van der Waals surface area contributed by atoms with Crippen molar-refractivity contribution in [3.8, 4) is 0 Å². The second-order valence-electron chi connectivity index (χ2n) is 5.19. The highest BCUT2D eigenvalue weighted by molar-refractivity contribution is 9.10. The molecule has 1 saturated carbocycles. The third-order valence-corrected chi connectivity index (χ3v) is 4.14. The Labute approximate surface area is 122 Å². The number of hydrogen-bond acceptors (Lipinski definition) is 2. The lowest BCUT2D eigenvalue weighted by Gasteiger charge is -2.15. The fourth-order valence-corrected chi connectivity index (χ4v) is 3.16. The van der Waals surface area contributed by atoms with E-state index in [2.05, 4.69) is 56.1 Å². The predicted molar refractivity (Wildman–Crippen MR) is 81.9 cm³/mol. The van der Waals surface area contributed by atoms with Crippen LogP contribution in [0.5, 0.6) is 0 Å². The highest BCUT2D eigenvalue weighted by Crippen LogP contribution is 2.33. The summed E-state index contributed by atoms with van der Waals surface area (Å²) in [6.07, 6.45) is 7.36. The highest BCUT2D eigenvalue weighted by Gasteiger charge is 2.20. The lowest BCUT2D eigenvalue weighted by molar-refractivity contribution is 0.524. The van der Waals surface area contributed by atoms with Gasteiger partial charge in [0.25, 0.3) is 0 Å². The van der Waals surface area contributed by atoms with E-state index in [9.17, 15) is 0 Å². The lowest BCUT2D eigenvalue weighted by atomic mass is 10.2. The van der Waals surface area contributed by atoms with Crippen molar-refractivity contribution < 1.29 is 0 Å². The van der Waals surface area contributed by atoms with Gasteiger partial charge in [0.15, 0.2) is 0 Å². The molecule has 1 aromatic heterocycles. The molecule has 0 atom stereocenters. The van der Waals surface area contributed by atoms with Crippen LogP contribution in [0.25, 0.3) is 0 Å². The molecule has 19 heavy (non-hydrogen) atoms. The quantitative estimate of drug-likeness (QED) is 0.879. The molecular weight excluding hydrogens is 302 g/mol. The number of hydrogen-bond donors (Lipinski definition) is 1. The average molecular weight is 320 g/mol. The van der Waals surface area contributed by atoms with E-state index in [0.717, 1.165) is 21.8 Å². The minimum Gasteiger partial charge on any atom is -0.326 e. The number of aromatic nitrogens is 2. The summed E-state index contributed by atoms with van der Waals surface area (Å²) in [7, 11) is 0. The summed E-state index contributed by atoms with van der Waals surface area (Å²) in [5, 5.41) is 3.43. The zero-order valence-electron chi connectivity index (χ0n) is 11.1. The van der Waals surface area contributed by atoms with Crippen LogP contribution in [0.4, 0.5) is 11.6 Å². The van der Waals surface area contributed by atoms with Crippen molar-refractivity contribution >= 4 is 27.6 Å². The number of halogens is 1. The normalized spacial score (nSPS) is 15.9. The van der Waals surface area contributed by atoms with E-state index in [1.807, 2.05) is 12.1 Å². The third-order valence-electron chi connectivity index (χ3n) is 3.65. The molecule has 0 radical (unpaired) electrons. The van der Waals surface area contributed by atoms with Crippen LogP contribution >= 0.6 is 15.9 Å². The van der Waals surface area contributed by atoms with E-state index in [4.69, 9.17) is 0 Å². The van der Waals surface area contributed by atoms with Crippen LogP contribution in [-0.2, 0) is 0 Å². The van der Waals surface area contributed by atoms with Crippen LogP contribution in [0.1, 0.15) is 37.4 Å². The van der Waals surface area contributed by atoms with Gasteiger partial charge in [-0.1, -0.05) is 34.8 Å². The van der Waals surface area contributed by atoms with Crippen molar-refractivity contribution in [3.05, 3.63) is 40.6 Å². The topological polar surface area (TPSA) is 29.9 Å². The number of benzene rings is 1. The van der Waals surface area contributed by atoms with Gasteiger partial charge in [0.2, 0.25) is 5.95 Å². The van der Waals surface area contributed by atoms with E-state index in [1.165, 1.54) is 25.7 Å². The molecular formula is C15H18BrN3. The molecule has 1 heterocycles. The Balaban J connectivity index is 1.87.